The van der Waals surface area contributed by atoms with Crippen LogP contribution in [0.15, 0.2) is 29.3 Å². The molecule has 0 unspecified atom stereocenters. The summed E-state index contributed by atoms with van der Waals surface area (Å²) in [6, 6.07) is 7.94. The molecule has 1 aromatic carbocycles. The molecule has 1 aliphatic rings. The van der Waals surface area contributed by atoms with Gasteiger partial charge >= 0.3 is 0 Å². The molecule has 0 spiro atoms. The van der Waals surface area contributed by atoms with Crippen molar-refractivity contribution >= 4 is 17.8 Å². The third-order valence-corrected chi connectivity index (χ3v) is 3.07. The van der Waals surface area contributed by atoms with Crippen molar-refractivity contribution in [3.8, 4) is 0 Å². The molecule has 3 nitrogen and oxygen atoms in total. The highest BCUT2D eigenvalue weighted by Crippen LogP contribution is 2.25. The fourth-order valence-corrected chi connectivity index (χ4v) is 1.98. The van der Waals surface area contributed by atoms with E-state index in [2.05, 4.69) is 25.8 Å². The zero-order valence-electron chi connectivity index (χ0n) is 11.3. The molecule has 0 radical (unpaired) electrons. The standard InChI is InChI=1S/C15H20N2O/c1-15(2,3)8-9-17-13-7-5-4-6-12(13)10-16-11-14(17)18/h4-7,10H,8-9,11H2,1-3H3. The van der Waals surface area contributed by atoms with Crippen molar-refractivity contribution in [1.29, 1.82) is 0 Å². The van der Waals surface area contributed by atoms with Crippen LogP contribution in [0, 0.1) is 5.41 Å². The summed E-state index contributed by atoms with van der Waals surface area (Å²) in [4.78, 5) is 18.1. The second-order valence-electron chi connectivity index (χ2n) is 5.88. The zero-order chi connectivity index (χ0) is 13.2. The van der Waals surface area contributed by atoms with Gasteiger partial charge in [0.15, 0.2) is 0 Å². The van der Waals surface area contributed by atoms with Gasteiger partial charge in [0.1, 0.15) is 6.54 Å². The van der Waals surface area contributed by atoms with Crippen molar-refractivity contribution in [3.05, 3.63) is 29.8 Å². The topological polar surface area (TPSA) is 32.7 Å². The van der Waals surface area contributed by atoms with Crippen LogP contribution < -0.4 is 4.90 Å². The van der Waals surface area contributed by atoms with E-state index < -0.39 is 0 Å². The van der Waals surface area contributed by atoms with E-state index in [9.17, 15) is 4.79 Å². The van der Waals surface area contributed by atoms with Crippen LogP contribution in [0.5, 0.6) is 0 Å². The highest BCUT2D eigenvalue weighted by molar-refractivity contribution is 6.03. The lowest BCUT2D eigenvalue weighted by Gasteiger charge is -2.26. The van der Waals surface area contributed by atoms with Gasteiger partial charge in [-0.2, -0.15) is 0 Å². The van der Waals surface area contributed by atoms with Crippen molar-refractivity contribution in [2.75, 3.05) is 18.0 Å². The normalized spacial score (nSPS) is 15.5. The minimum absolute atomic E-state index is 0.0838. The van der Waals surface area contributed by atoms with E-state index in [-0.39, 0.29) is 17.9 Å². The van der Waals surface area contributed by atoms with Crippen LogP contribution in [-0.2, 0) is 4.79 Å². The molecule has 2 rings (SSSR count). The maximum absolute atomic E-state index is 12.1. The molecule has 1 aromatic rings. The minimum Gasteiger partial charge on any atom is -0.310 e. The Labute approximate surface area is 109 Å². The van der Waals surface area contributed by atoms with E-state index in [1.54, 1.807) is 6.21 Å². The molecular formula is C15H20N2O. The van der Waals surface area contributed by atoms with E-state index in [0.717, 1.165) is 24.2 Å². The van der Waals surface area contributed by atoms with E-state index in [1.165, 1.54) is 0 Å². The Bertz CT molecular complexity index is 472. The SMILES string of the molecule is CC(C)(C)CCN1C(=O)CN=Cc2ccccc21. The monoisotopic (exact) mass is 244 g/mol. The van der Waals surface area contributed by atoms with Gasteiger partial charge in [-0.1, -0.05) is 39.0 Å². The Hall–Kier alpha value is -1.64. The van der Waals surface area contributed by atoms with Gasteiger partial charge < -0.3 is 4.90 Å². The predicted octanol–water partition coefficient (Wildman–Crippen LogP) is 2.89. The van der Waals surface area contributed by atoms with Crippen LogP contribution in [0.1, 0.15) is 32.8 Å². The van der Waals surface area contributed by atoms with Crippen LogP contribution in [-0.4, -0.2) is 25.2 Å². The fraction of sp³-hybridized carbons (Fsp3) is 0.467. The van der Waals surface area contributed by atoms with Crippen LogP contribution in [0.3, 0.4) is 0 Å². The number of nitrogens with zero attached hydrogens (tertiary/aromatic N) is 2. The quantitative estimate of drug-likeness (QED) is 0.787. The molecule has 18 heavy (non-hydrogen) atoms. The van der Waals surface area contributed by atoms with Crippen molar-refractivity contribution in [2.24, 2.45) is 10.4 Å². The van der Waals surface area contributed by atoms with Crippen molar-refractivity contribution in [1.82, 2.24) is 0 Å². The molecule has 0 saturated heterocycles. The fourth-order valence-electron chi connectivity index (χ4n) is 1.98. The molecule has 96 valence electrons. The van der Waals surface area contributed by atoms with E-state index in [1.807, 2.05) is 29.2 Å². The third-order valence-electron chi connectivity index (χ3n) is 3.07. The van der Waals surface area contributed by atoms with Gasteiger partial charge in [-0.25, -0.2) is 0 Å². The number of hydrogen-bond donors (Lipinski definition) is 0. The molecule has 1 heterocycles. The number of amides is 1. The largest absolute Gasteiger partial charge is 0.310 e. The lowest BCUT2D eigenvalue weighted by Crippen LogP contribution is -2.35. The average Bonchev–Trinajstić information content (AvgIpc) is 2.44. The van der Waals surface area contributed by atoms with Crippen LogP contribution in [0.4, 0.5) is 5.69 Å². The summed E-state index contributed by atoms with van der Waals surface area (Å²) in [5.74, 6) is 0.0838. The van der Waals surface area contributed by atoms with Gasteiger partial charge in [-0.05, 0) is 17.9 Å². The molecule has 0 atom stereocenters. The first-order chi connectivity index (χ1) is 8.47. The number of carbonyl (C=O) groups is 1. The molecule has 3 heteroatoms. The van der Waals surface area contributed by atoms with Gasteiger partial charge in [0, 0.05) is 18.3 Å². The summed E-state index contributed by atoms with van der Waals surface area (Å²) in [6.45, 7) is 7.58. The highest BCUT2D eigenvalue weighted by atomic mass is 16.2. The van der Waals surface area contributed by atoms with Crippen molar-refractivity contribution < 1.29 is 4.79 Å². The van der Waals surface area contributed by atoms with Crippen LogP contribution in [0.2, 0.25) is 0 Å². The first kappa shape index (κ1) is 12.8. The molecule has 0 aliphatic carbocycles. The smallest absolute Gasteiger partial charge is 0.248 e. The summed E-state index contributed by atoms with van der Waals surface area (Å²) < 4.78 is 0. The Morgan fingerprint density at radius 2 is 2.00 bits per heavy atom. The average molecular weight is 244 g/mol. The lowest BCUT2D eigenvalue weighted by atomic mass is 9.92. The Balaban J connectivity index is 2.26. The first-order valence-electron chi connectivity index (χ1n) is 6.37. The first-order valence-corrected chi connectivity index (χ1v) is 6.37. The minimum atomic E-state index is 0.0838. The maximum atomic E-state index is 12.1. The molecule has 0 saturated carbocycles. The summed E-state index contributed by atoms with van der Waals surface area (Å²) in [5.41, 5.74) is 2.23. The van der Waals surface area contributed by atoms with Gasteiger partial charge in [0.25, 0.3) is 0 Å². The van der Waals surface area contributed by atoms with Gasteiger partial charge in [0.2, 0.25) is 5.91 Å². The number of para-hydroxylation sites is 1. The predicted molar refractivity (Wildman–Crippen MR) is 75.3 cm³/mol. The number of aliphatic imine (C=N–C) groups is 1. The van der Waals surface area contributed by atoms with Crippen LogP contribution in [0.25, 0.3) is 0 Å². The summed E-state index contributed by atoms with van der Waals surface area (Å²) >= 11 is 0. The maximum Gasteiger partial charge on any atom is 0.248 e. The van der Waals surface area contributed by atoms with E-state index >= 15 is 0 Å². The molecular weight excluding hydrogens is 224 g/mol. The van der Waals surface area contributed by atoms with E-state index in [0.29, 0.717) is 0 Å². The second kappa shape index (κ2) is 4.92. The molecule has 0 bridgehead atoms. The Morgan fingerprint density at radius 1 is 1.28 bits per heavy atom. The van der Waals surface area contributed by atoms with Gasteiger partial charge in [0.05, 0.1) is 5.69 Å². The number of carbonyl (C=O) groups excluding carboxylic acids is 1. The number of benzene rings is 1. The lowest BCUT2D eigenvalue weighted by molar-refractivity contribution is -0.117. The summed E-state index contributed by atoms with van der Waals surface area (Å²) in [6.07, 6.45) is 2.78. The molecule has 0 fully saturated rings. The zero-order valence-corrected chi connectivity index (χ0v) is 11.3. The molecule has 0 aromatic heterocycles. The van der Waals surface area contributed by atoms with Gasteiger partial charge in [-0.3, -0.25) is 9.79 Å². The van der Waals surface area contributed by atoms with Crippen molar-refractivity contribution in [2.45, 2.75) is 27.2 Å². The highest BCUT2D eigenvalue weighted by Gasteiger charge is 2.22. The summed E-state index contributed by atoms with van der Waals surface area (Å²) in [7, 11) is 0. The molecule has 1 aliphatic heterocycles. The Morgan fingerprint density at radius 3 is 2.72 bits per heavy atom. The van der Waals surface area contributed by atoms with Crippen molar-refractivity contribution in [3.63, 3.8) is 0 Å². The number of anilines is 1. The summed E-state index contributed by atoms with van der Waals surface area (Å²) in [5, 5.41) is 0. The van der Waals surface area contributed by atoms with E-state index in [4.69, 9.17) is 0 Å². The number of benzodiazepines with no additional fused rings is 1. The molecule has 0 N–H and O–H groups in total. The second-order valence-corrected chi connectivity index (χ2v) is 5.88. The van der Waals surface area contributed by atoms with Crippen LogP contribution >= 0.6 is 0 Å². The number of fused-ring (bicyclic) bond motifs is 1. The number of hydrogen-bond acceptors (Lipinski definition) is 2. The van der Waals surface area contributed by atoms with Gasteiger partial charge in [-0.15, -0.1) is 0 Å². The third kappa shape index (κ3) is 2.97. The number of rotatable bonds is 2. The Kier molecular flexibility index (Phi) is 3.50. The molecule has 1 amide bonds.